The van der Waals surface area contributed by atoms with Crippen molar-refractivity contribution in [3.63, 3.8) is 0 Å². The number of halogens is 1. The zero-order valence-corrected chi connectivity index (χ0v) is 17.2. The van der Waals surface area contributed by atoms with Crippen molar-refractivity contribution in [1.82, 2.24) is 9.97 Å². The van der Waals surface area contributed by atoms with Gasteiger partial charge in [-0.1, -0.05) is 18.7 Å². The third-order valence-corrected chi connectivity index (χ3v) is 4.72. The lowest BCUT2D eigenvalue weighted by Gasteiger charge is -2.12. The maximum Gasteiger partial charge on any atom is 0.174 e. The lowest BCUT2D eigenvalue weighted by Crippen LogP contribution is -1.99. The number of benzene rings is 2. The molecule has 1 aromatic heterocycles. The highest BCUT2D eigenvalue weighted by atomic mass is 127. The summed E-state index contributed by atoms with van der Waals surface area (Å²) in [6.07, 6.45) is 3.47. The molecule has 0 aliphatic rings. The molecular formula is C21H18IN3O2. The fourth-order valence-electron chi connectivity index (χ4n) is 2.68. The molecule has 1 N–H and O–H groups in total. The summed E-state index contributed by atoms with van der Waals surface area (Å²) in [6.45, 7) is 6.07. The Morgan fingerprint density at radius 3 is 2.89 bits per heavy atom. The number of rotatable bonds is 6. The number of aromatic nitrogens is 2. The zero-order chi connectivity index (χ0) is 19.4. The van der Waals surface area contributed by atoms with Gasteiger partial charge >= 0.3 is 0 Å². The van der Waals surface area contributed by atoms with E-state index in [1.165, 1.54) is 0 Å². The van der Waals surface area contributed by atoms with Crippen molar-refractivity contribution in [2.45, 2.75) is 6.92 Å². The van der Waals surface area contributed by atoms with Crippen LogP contribution in [0.2, 0.25) is 0 Å². The summed E-state index contributed by atoms with van der Waals surface area (Å²) in [4.78, 5) is 7.75. The molecule has 0 saturated carbocycles. The standard InChI is InChI=1S/C21H18IN3O2/c1-4-7-27-20-16(22)10-14(11-19(20)26-3)9-15(12-23)21-24-17-6-5-13(2)8-18(17)25-21/h4-6,8-11H,1,7H2,2-3H3,(H,24,25). The maximum atomic E-state index is 9.64. The Kier molecular flexibility index (Phi) is 5.81. The molecule has 0 spiro atoms. The molecule has 3 rings (SSSR count). The van der Waals surface area contributed by atoms with Crippen molar-refractivity contribution in [3.8, 4) is 17.6 Å². The van der Waals surface area contributed by atoms with E-state index in [-0.39, 0.29) is 0 Å². The Hall–Kier alpha value is -2.79. The number of methoxy groups -OCH3 is 1. The summed E-state index contributed by atoms with van der Waals surface area (Å²) >= 11 is 2.19. The molecule has 0 fully saturated rings. The highest BCUT2D eigenvalue weighted by molar-refractivity contribution is 14.1. The van der Waals surface area contributed by atoms with Gasteiger partial charge in [0.25, 0.3) is 0 Å². The lowest BCUT2D eigenvalue weighted by molar-refractivity contribution is 0.324. The molecule has 0 unspecified atom stereocenters. The van der Waals surface area contributed by atoms with E-state index < -0.39 is 0 Å². The highest BCUT2D eigenvalue weighted by Gasteiger charge is 2.13. The van der Waals surface area contributed by atoms with Crippen LogP contribution in [-0.4, -0.2) is 23.7 Å². The van der Waals surface area contributed by atoms with E-state index in [4.69, 9.17) is 9.47 Å². The molecule has 0 radical (unpaired) electrons. The van der Waals surface area contributed by atoms with Crippen molar-refractivity contribution >= 4 is 45.3 Å². The van der Waals surface area contributed by atoms with Gasteiger partial charge in [-0.05, 0) is 71.0 Å². The lowest BCUT2D eigenvalue weighted by atomic mass is 10.1. The Balaban J connectivity index is 2.03. The summed E-state index contributed by atoms with van der Waals surface area (Å²) in [6, 6.07) is 12.0. The molecule has 6 heteroatoms. The van der Waals surface area contributed by atoms with Gasteiger partial charge < -0.3 is 14.5 Å². The monoisotopic (exact) mass is 471 g/mol. The third-order valence-electron chi connectivity index (χ3n) is 3.92. The summed E-state index contributed by atoms with van der Waals surface area (Å²) < 4.78 is 12.0. The van der Waals surface area contributed by atoms with Crippen LogP contribution in [0, 0.1) is 21.8 Å². The van der Waals surface area contributed by atoms with Crippen LogP contribution in [0.15, 0.2) is 43.0 Å². The zero-order valence-electron chi connectivity index (χ0n) is 15.0. The van der Waals surface area contributed by atoms with Crippen molar-refractivity contribution in [1.29, 1.82) is 5.26 Å². The van der Waals surface area contributed by atoms with E-state index >= 15 is 0 Å². The Morgan fingerprint density at radius 2 is 2.19 bits per heavy atom. The van der Waals surface area contributed by atoms with E-state index in [1.54, 1.807) is 19.3 Å². The Bertz CT molecular complexity index is 1080. The SMILES string of the molecule is C=CCOc1c(I)cc(C=C(C#N)c2nc3ccc(C)cc3[nH]2)cc1OC. The second-order valence-electron chi connectivity index (χ2n) is 5.91. The largest absolute Gasteiger partial charge is 0.493 e. The van der Waals surface area contributed by atoms with Crippen LogP contribution >= 0.6 is 22.6 Å². The second-order valence-corrected chi connectivity index (χ2v) is 7.07. The van der Waals surface area contributed by atoms with E-state index in [0.29, 0.717) is 29.5 Å². The molecule has 0 bridgehead atoms. The van der Waals surface area contributed by atoms with E-state index in [0.717, 1.165) is 25.7 Å². The number of aromatic amines is 1. The summed E-state index contributed by atoms with van der Waals surface area (Å²) in [5.74, 6) is 1.81. The molecular weight excluding hydrogens is 453 g/mol. The Labute approximate surface area is 171 Å². The quantitative estimate of drug-likeness (QED) is 0.308. The first-order chi connectivity index (χ1) is 13.0. The number of aryl methyl sites for hydroxylation is 1. The van der Waals surface area contributed by atoms with Gasteiger partial charge in [0.2, 0.25) is 0 Å². The minimum atomic E-state index is 0.392. The summed E-state index contributed by atoms with van der Waals surface area (Å²) in [5, 5.41) is 9.64. The normalized spacial score (nSPS) is 11.3. The number of fused-ring (bicyclic) bond motifs is 1. The fraction of sp³-hybridized carbons (Fsp3) is 0.143. The fourth-order valence-corrected chi connectivity index (χ4v) is 3.46. The average molecular weight is 471 g/mol. The molecule has 5 nitrogen and oxygen atoms in total. The van der Waals surface area contributed by atoms with Crippen LogP contribution in [0.4, 0.5) is 0 Å². The maximum absolute atomic E-state index is 9.64. The molecule has 27 heavy (non-hydrogen) atoms. The van der Waals surface area contributed by atoms with E-state index in [9.17, 15) is 5.26 Å². The van der Waals surface area contributed by atoms with Crippen molar-refractivity contribution in [2.75, 3.05) is 13.7 Å². The number of nitrogens with one attached hydrogen (secondary N) is 1. The van der Waals surface area contributed by atoms with Crippen LogP contribution in [0.5, 0.6) is 11.5 Å². The first kappa shape index (κ1) is 19.0. The van der Waals surface area contributed by atoms with Gasteiger partial charge in [0.15, 0.2) is 11.5 Å². The first-order valence-electron chi connectivity index (χ1n) is 8.25. The van der Waals surface area contributed by atoms with Gasteiger partial charge in [-0.2, -0.15) is 5.26 Å². The van der Waals surface area contributed by atoms with Crippen molar-refractivity contribution in [3.05, 3.63) is 63.5 Å². The number of allylic oxidation sites excluding steroid dienone is 1. The number of nitriles is 1. The molecule has 3 aromatic rings. The predicted molar refractivity (Wildman–Crippen MR) is 116 cm³/mol. The summed E-state index contributed by atoms with van der Waals surface area (Å²) in [7, 11) is 1.59. The molecule has 1 heterocycles. The number of hydrogen-bond acceptors (Lipinski definition) is 4. The van der Waals surface area contributed by atoms with Crippen molar-refractivity contribution in [2.24, 2.45) is 0 Å². The number of ether oxygens (including phenoxy) is 2. The molecule has 136 valence electrons. The molecule has 0 saturated heterocycles. The molecule has 0 aliphatic carbocycles. The summed E-state index contributed by atoms with van der Waals surface area (Å²) in [5.41, 5.74) is 4.15. The number of H-pyrrole nitrogens is 1. The third kappa shape index (κ3) is 4.14. The van der Waals surface area contributed by atoms with Crippen LogP contribution < -0.4 is 9.47 Å². The minimum absolute atomic E-state index is 0.392. The van der Waals surface area contributed by atoms with E-state index in [1.807, 2.05) is 37.3 Å². The van der Waals surface area contributed by atoms with Gasteiger partial charge in [-0.15, -0.1) is 0 Å². The molecule has 0 aliphatic heterocycles. The average Bonchev–Trinajstić information content (AvgIpc) is 3.07. The van der Waals surface area contributed by atoms with Gasteiger partial charge in [-0.25, -0.2) is 4.98 Å². The number of hydrogen-bond donors (Lipinski definition) is 1. The van der Waals surface area contributed by atoms with Crippen LogP contribution in [0.3, 0.4) is 0 Å². The van der Waals surface area contributed by atoms with Gasteiger partial charge in [0.1, 0.15) is 18.5 Å². The predicted octanol–water partition coefficient (Wildman–Crippen LogP) is 5.11. The topological polar surface area (TPSA) is 70.9 Å². The number of nitrogens with zero attached hydrogens (tertiary/aromatic N) is 2. The van der Waals surface area contributed by atoms with Gasteiger partial charge in [0.05, 0.1) is 27.3 Å². The van der Waals surface area contributed by atoms with Crippen LogP contribution in [0.25, 0.3) is 22.7 Å². The van der Waals surface area contributed by atoms with Gasteiger partial charge in [0, 0.05) is 0 Å². The molecule has 2 aromatic carbocycles. The minimum Gasteiger partial charge on any atom is -0.493 e. The molecule has 0 atom stereocenters. The smallest absolute Gasteiger partial charge is 0.174 e. The Morgan fingerprint density at radius 1 is 1.37 bits per heavy atom. The molecule has 0 amide bonds. The first-order valence-corrected chi connectivity index (χ1v) is 9.33. The van der Waals surface area contributed by atoms with Crippen LogP contribution in [-0.2, 0) is 0 Å². The van der Waals surface area contributed by atoms with Crippen LogP contribution in [0.1, 0.15) is 17.0 Å². The second kappa shape index (κ2) is 8.27. The van der Waals surface area contributed by atoms with E-state index in [2.05, 4.69) is 45.2 Å². The van der Waals surface area contributed by atoms with Crippen molar-refractivity contribution < 1.29 is 9.47 Å². The highest BCUT2D eigenvalue weighted by Crippen LogP contribution is 2.35. The number of imidazole rings is 1. The van der Waals surface area contributed by atoms with Gasteiger partial charge in [-0.3, -0.25) is 0 Å².